The van der Waals surface area contributed by atoms with Crippen molar-refractivity contribution in [2.45, 2.75) is 42.4 Å². The molecule has 6 rings (SSSR count). The van der Waals surface area contributed by atoms with E-state index >= 15 is 0 Å². The summed E-state index contributed by atoms with van der Waals surface area (Å²) in [6.45, 7) is 2.77. The molecular formula is C31H36O2S2+2. The molecule has 0 saturated carbocycles. The first-order valence-corrected chi connectivity index (χ1v) is 16.0. The highest BCUT2D eigenvalue weighted by Gasteiger charge is 2.30. The van der Waals surface area contributed by atoms with E-state index in [1.165, 1.54) is 70.2 Å². The Morgan fingerprint density at radius 1 is 0.571 bits per heavy atom. The summed E-state index contributed by atoms with van der Waals surface area (Å²) >= 11 is 0. The largest absolute Gasteiger partial charge is 0.496 e. The maximum absolute atomic E-state index is 5.74. The Hall–Kier alpha value is -2.30. The van der Waals surface area contributed by atoms with Gasteiger partial charge in [0, 0.05) is 43.3 Å². The number of benzene rings is 4. The van der Waals surface area contributed by atoms with Gasteiger partial charge in [0.15, 0.2) is 9.79 Å². The van der Waals surface area contributed by atoms with Gasteiger partial charge in [0.1, 0.15) is 34.5 Å². The standard InChI is InChI=1S/C16H19OS.C15H17OS/c1-2-17-15-9-10-16(18-11-5-6-12-18)14-8-4-3-7-13(14)15;1-16-14-8-9-15(17-10-4-5-11-17)13-7-3-2-6-12(13)14/h3-4,7-10H,2,5-6,11-12H2,1H3;2-3,6-9H,4-5,10-11H2,1H3/q2*+1. The molecule has 0 bridgehead atoms. The Labute approximate surface area is 215 Å². The topological polar surface area (TPSA) is 18.5 Å². The van der Waals surface area contributed by atoms with Gasteiger partial charge in [0.2, 0.25) is 0 Å². The predicted molar refractivity (Wildman–Crippen MR) is 155 cm³/mol. The summed E-state index contributed by atoms with van der Waals surface area (Å²) in [5, 5.41) is 5.31. The highest BCUT2D eigenvalue weighted by molar-refractivity contribution is 7.97. The molecule has 0 spiro atoms. The lowest BCUT2D eigenvalue weighted by Crippen LogP contribution is -2.05. The number of rotatable bonds is 5. The van der Waals surface area contributed by atoms with Crippen molar-refractivity contribution >= 4 is 43.3 Å². The van der Waals surface area contributed by atoms with Crippen LogP contribution < -0.4 is 9.47 Å². The molecule has 2 fully saturated rings. The second kappa shape index (κ2) is 11.6. The summed E-state index contributed by atoms with van der Waals surface area (Å²) in [4.78, 5) is 3.09. The van der Waals surface area contributed by atoms with Gasteiger partial charge in [-0.3, -0.25) is 0 Å². The molecule has 0 unspecified atom stereocenters. The first-order valence-electron chi connectivity index (χ1n) is 12.9. The monoisotopic (exact) mass is 504 g/mol. The molecular weight excluding hydrogens is 468 g/mol. The molecule has 4 aromatic carbocycles. The van der Waals surface area contributed by atoms with Crippen LogP contribution in [0.15, 0.2) is 82.6 Å². The fraction of sp³-hybridized carbons (Fsp3) is 0.355. The van der Waals surface area contributed by atoms with Crippen LogP contribution in [-0.2, 0) is 21.8 Å². The second-order valence-corrected chi connectivity index (χ2v) is 13.6. The minimum Gasteiger partial charge on any atom is -0.496 e. The maximum atomic E-state index is 5.74. The van der Waals surface area contributed by atoms with Crippen molar-refractivity contribution in [1.29, 1.82) is 0 Å². The number of hydrogen-bond donors (Lipinski definition) is 0. The normalized spacial score (nSPS) is 16.4. The van der Waals surface area contributed by atoms with Gasteiger partial charge >= 0.3 is 0 Å². The first-order chi connectivity index (χ1) is 17.3. The van der Waals surface area contributed by atoms with Crippen molar-refractivity contribution in [3.05, 3.63) is 72.8 Å². The lowest BCUT2D eigenvalue weighted by Gasteiger charge is -2.10. The Kier molecular flexibility index (Phi) is 8.10. The molecule has 0 atom stereocenters. The average Bonchev–Trinajstić information content (AvgIpc) is 3.64. The quantitative estimate of drug-likeness (QED) is 0.260. The van der Waals surface area contributed by atoms with E-state index in [1.807, 2.05) is 6.92 Å². The van der Waals surface area contributed by atoms with E-state index in [0.29, 0.717) is 21.8 Å². The molecule has 182 valence electrons. The van der Waals surface area contributed by atoms with Crippen LogP contribution in [0.3, 0.4) is 0 Å². The van der Waals surface area contributed by atoms with E-state index in [9.17, 15) is 0 Å². The van der Waals surface area contributed by atoms with Gasteiger partial charge < -0.3 is 9.47 Å². The van der Waals surface area contributed by atoms with Crippen LogP contribution in [0.1, 0.15) is 32.6 Å². The third-order valence-corrected chi connectivity index (χ3v) is 12.0. The number of methoxy groups -OCH3 is 1. The van der Waals surface area contributed by atoms with Gasteiger partial charge in [-0.25, -0.2) is 0 Å². The fourth-order valence-electron chi connectivity index (χ4n) is 5.20. The van der Waals surface area contributed by atoms with E-state index in [0.717, 1.165) is 18.1 Å². The van der Waals surface area contributed by atoms with Gasteiger partial charge in [-0.2, -0.15) is 0 Å². The number of hydrogen-bond acceptors (Lipinski definition) is 2. The predicted octanol–water partition coefficient (Wildman–Crippen LogP) is 7.63. The van der Waals surface area contributed by atoms with E-state index in [4.69, 9.17) is 9.47 Å². The third-order valence-electron chi connectivity index (χ3n) is 6.89. The van der Waals surface area contributed by atoms with Gasteiger partial charge in [0.05, 0.1) is 13.7 Å². The summed E-state index contributed by atoms with van der Waals surface area (Å²) in [5.41, 5.74) is 0. The summed E-state index contributed by atoms with van der Waals surface area (Å²) in [5.74, 6) is 7.51. The van der Waals surface area contributed by atoms with Gasteiger partial charge in [-0.15, -0.1) is 0 Å². The Morgan fingerprint density at radius 3 is 1.46 bits per heavy atom. The minimum atomic E-state index is 0.467. The van der Waals surface area contributed by atoms with Crippen LogP contribution in [0.5, 0.6) is 11.5 Å². The molecule has 2 heterocycles. The number of ether oxygens (including phenoxy) is 2. The molecule has 2 saturated heterocycles. The van der Waals surface area contributed by atoms with Gasteiger partial charge in [0.25, 0.3) is 0 Å². The van der Waals surface area contributed by atoms with Crippen molar-refractivity contribution in [2.24, 2.45) is 0 Å². The molecule has 0 radical (unpaired) electrons. The molecule has 2 aliphatic rings. The zero-order valence-corrected chi connectivity index (χ0v) is 22.6. The van der Waals surface area contributed by atoms with Crippen LogP contribution in [0.4, 0.5) is 0 Å². The molecule has 35 heavy (non-hydrogen) atoms. The molecule has 0 N–H and O–H groups in total. The lowest BCUT2D eigenvalue weighted by molar-refractivity contribution is 0.344. The third kappa shape index (κ3) is 5.29. The van der Waals surface area contributed by atoms with Crippen LogP contribution in [0.25, 0.3) is 21.5 Å². The molecule has 0 aromatic heterocycles. The van der Waals surface area contributed by atoms with E-state index < -0.39 is 0 Å². The second-order valence-electron chi connectivity index (χ2n) is 9.07. The molecule has 4 aromatic rings. The van der Waals surface area contributed by atoms with Gasteiger partial charge in [-0.1, -0.05) is 36.4 Å². The summed E-state index contributed by atoms with van der Waals surface area (Å²) in [7, 11) is 2.69. The van der Waals surface area contributed by atoms with Crippen molar-refractivity contribution in [2.75, 3.05) is 36.7 Å². The molecule has 2 nitrogen and oxygen atoms in total. The van der Waals surface area contributed by atoms with Crippen LogP contribution in [0, 0.1) is 0 Å². The molecule has 2 aliphatic heterocycles. The fourth-order valence-corrected chi connectivity index (χ4v) is 10.2. The zero-order valence-electron chi connectivity index (χ0n) is 20.9. The Morgan fingerprint density at radius 2 is 1.00 bits per heavy atom. The van der Waals surface area contributed by atoms with E-state index in [-0.39, 0.29) is 0 Å². The minimum absolute atomic E-state index is 0.467. The van der Waals surface area contributed by atoms with Crippen molar-refractivity contribution in [3.8, 4) is 11.5 Å². The van der Waals surface area contributed by atoms with Crippen LogP contribution in [0.2, 0.25) is 0 Å². The summed E-state index contributed by atoms with van der Waals surface area (Å²) in [6, 6.07) is 26.1. The van der Waals surface area contributed by atoms with E-state index in [1.54, 1.807) is 16.9 Å². The number of fused-ring (bicyclic) bond motifs is 2. The summed E-state index contributed by atoms with van der Waals surface area (Å²) < 4.78 is 11.2. The zero-order chi connectivity index (χ0) is 24.0. The Balaban J connectivity index is 0.000000145. The lowest BCUT2D eigenvalue weighted by atomic mass is 10.1. The maximum Gasteiger partial charge on any atom is 0.162 e. The summed E-state index contributed by atoms with van der Waals surface area (Å²) in [6.07, 6.45) is 5.57. The van der Waals surface area contributed by atoms with Crippen LogP contribution >= 0.6 is 0 Å². The highest BCUT2D eigenvalue weighted by atomic mass is 32.2. The Bertz CT molecular complexity index is 1270. The molecule has 0 amide bonds. The van der Waals surface area contributed by atoms with Gasteiger partial charge in [-0.05, 0) is 69.0 Å². The average molecular weight is 505 g/mol. The van der Waals surface area contributed by atoms with Crippen LogP contribution in [-0.4, -0.2) is 36.7 Å². The van der Waals surface area contributed by atoms with Crippen molar-refractivity contribution in [3.63, 3.8) is 0 Å². The van der Waals surface area contributed by atoms with E-state index in [2.05, 4.69) is 72.8 Å². The van der Waals surface area contributed by atoms with Crippen molar-refractivity contribution in [1.82, 2.24) is 0 Å². The molecule has 4 heteroatoms. The smallest absolute Gasteiger partial charge is 0.162 e. The first kappa shape index (κ1) is 24.4. The SMILES string of the molecule is CCOc1ccc([S+]2CCCC2)c2ccccc12.COc1ccc([S+]2CCCC2)c2ccccc12. The highest BCUT2D eigenvalue weighted by Crippen LogP contribution is 2.35. The molecule has 0 aliphatic carbocycles. The van der Waals surface area contributed by atoms with Crippen molar-refractivity contribution < 1.29 is 9.47 Å².